The molecule has 0 spiro atoms. The SMILES string of the molecule is Cc1ccc(C(=O)NC2=NC(c3ccccc3)=C[SH]2c2ccc(C)cc2)cc1. The number of carbonyl (C=O) groups is 1. The highest BCUT2D eigenvalue weighted by Gasteiger charge is 2.22. The zero-order valence-corrected chi connectivity index (χ0v) is 16.8. The highest BCUT2D eigenvalue weighted by Crippen LogP contribution is 2.46. The lowest BCUT2D eigenvalue weighted by molar-refractivity contribution is 0.0978. The number of nitrogens with one attached hydrogen (secondary N) is 1. The van der Waals surface area contributed by atoms with Gasteiger partial charge >= 0.3 is 0 Å². The zero-order chi connectivity index (χ0) is 19.5. The van der Waals surface area contributed by atoms with Crippen molar-refractivity contribution in [3.8, 4) is 0 Å². The summed E-state index contributed by atoms with van der Waals surface area (Å²) in [5.74, 6) is -0.124. The minimum Gasteiger partial charge on any atom is -0.302 e. The monoisotopic (exact) mass is 386 g/mol. The first kappa shape index (κ1) is 18.3. The molecule has 0 aliphatic carbocycles. The summed E-state index contributed by atoms with van der Waals surface area (Å²) in [7, 11) is -0.852. The molecule has 1 atom stereocenters. The van der Waals surface area contributed by atoms with Crippen molar-refractivity contribution in [3.63, 3.8) is 0 Å². The number of amidine groups is 1. The summed E-state index contributed by atoms with van der Waals surface area (Å²) < 4.78 is 0. The fourth-order valence-corrected chi connectivity index (χ4v) is 4.87. The van der Waals surface area contributed by atoms with E-state index in [1.807, 2.05) is 61.5 Å². The van der Waals surface area contributed by atoms with Gasteiger partial charge in [-0.15, -0.1) is 10.9 Å². The van der Waals surface area contributed by atoms with Crippen molar-refractivity contribution in [2.45, 2.75) is 18.7 Å². The molecule has 1 aliphatic rings. The average molecular weight is 387 g/mol. The van der Waals surface area contributed by atoms with Gasteiger partial charge in [-0.05, 0) is 48.4 Å². The molecule has 0 saturated heterocycles. The Balaban J connectivity index is 1.66. The van der Waals surface area contributed by atoms with E-state index in [2.05, 4.69) is 41.9 Å². The molecule has 1 heterocycles. The Morgan fingerprint density at radius 2 is 1.43 bits per heavy atom. The van der Waals surface area contributed by atoms with E-state index in [1.54, 1.807) is 0 Å². The maximum Gasteiger partial charge on any atom is 0.257 e. The Hall–Kier alpha value is -3.11. The number of amides is 1. The molecule has 0 radical (unpaired) electrons. The lowest BCUT2D eigenvalue weighted by Crippen LogP contribution is -2.29. The Labute approximate surface area is 168 Å². The van der Waals surface area contributed by atoms with Crippen LogP contribution < -0.4 is 5.32 Å². The van der Waals surface area contributed by atoms with Crippen molar-refractivity contribution in [1.29, 1.82) is 0 Å². The molecule has 28 heavy (non-hydrogen) atoms. The summed E-state index contributed by atoms with van der Waals surface area (Å²) in [6.07, 6.45) is 0. The van der Waals surface area contributed by atoms with Crippen molar-refractivity contribution < 1.29 is 4.79 Å². The lowest BCUT2D eigenvalue weighted by atomic mass is 10.1. The summed E-state index contributed by atoms with van der Waals surface area (Å²) in [6.45, 7) is 4.08. The molecule has 3 nitrogen and oxygen atoms in total. The van der Waals surface area contributed by atoms with Gasteiger partial charge in [-0.25, -0.2) is 4.99 Å². The van der Waals surface area contributed by atoms with Gasteiger partial charge in [0, 0.05) is 11.1 Å². The van der Waals surface area contributed by atoms with Crippen molar-refractivity contribution in [1.82, 2.24) is 5.32 Å². The number of hydrogen-bond donors (Lipinski definition) is 2. The lowest BCUT2D eigenvalue weighted by Gasteiger charge is -2.17. The zero-order valence-electron chi connectivity index (χ0n) is 15.9. The molecule has 4 heteroatoms. The molecule has 1 amide bonds. The van der Waals surface area contributed by atoms with Crippen LogP contribution in [0.25, 0.3) is 5.70 Å². The summed E-state index contributed by atoms with van der Waals surface area (Å²) in [6, 6.07) is 26.1. The van der Waals surface area contributed by atoms with Gasteiger partial charge in [0.15, 0.2) is 5.17 Å². The second kappa shape index (κ2) is 7.87. The molecule has 4 rings (SSSR count). The molecule has 1 unspecified atom stereocenters. The molecule has 140 valence electrons. The largest absolute Gasteiger partial charge is 0.302 e. The topological polar surface area (TPSA) is 41.5 Å². The standard InChI is InChI=1S/C24H22N2OS/c1-17-8-12-20(13-9-17)23(27)26-24-25-22(19-6-4-3-5-7-19)16-28(24)21-14-10-18(2)11-15-21/h3-16,28H,1-2H3,(H,25,26,27). The Morgan fingerprint density at radius 3 is 2.07 bits per heavy atom. The van der Waals surface area contributed by atoms with E-state index in [9.17, 15) is 4.79 Å². The van der Waals surface area contributed by atoms with Crippen LogP contribution in [0.2, 0.25) is 0 Å². The van der Waals surface area contributed by atoms with E-state index < -0.39 is 10.9 Å². The number of rotatable bonds is 3. The van der Waals surface area contributed by atoms with Gasteiger partial charge in [0.2, 0.25) is 0 Å². The fourth-order valence-electron chi connectivity index (χ4n) is 3.00. The Kier molecular flexibility index (Phi) is 5.13. The number of hydrogen-bond acceptors (Lipinski definition) is 2. The van der Waals surface area contributed by atoms with E-state index in [-0.39, 0.29) is 5.91 Å². The molecule has 0 bridgehead atoms. The van der Waals surface area contributed by atoms with Crippen LogP contribution in [0.15, 0.2) is 94.2 Å². The maximum absolute atomic E-state index is 12.8. The summed E-state index contributed by atoms with van der Waals surface area (Å²) in [5.41, 5.74) is 4.95. The molecule has 1 aliphatic heterocycles. The van der Waals surface area contributed by atoms with Gasteiger partial charge in [-0.2, -0.15) is 0 Å². The van der Waals surface area contributed by atoms with E-state index in [0.717, 1.165) is 22.0 Å². The fraction of sp³-hybridized carbons (Fsp3) is 0.0833. The smallest absolute Gasteiger partial charge is 0.257 e. The number of aliphatic imine (C=N–C) groups is 1. The maximum atomic E-state index is 12.8. The predicted molar refractivity (Wildman–Crippen MR) is 119 cm³/mol. The third-order valence-corrected chi connectivity index (χ3v) is 6.65. The van der Waals surface area contributed by atoms with Crippen LogP contribution in [0.5, 0.6) is 0 Å². The van der Waals surface area contributed by atoms with Crippen LogP contribution >= 0.6 is 10.9 Å². The van der Waals surface area contributed by atoms with E-state index >= 15 is 0 Å². The predicted octanol–water partition coefficient (Wildman–Crippen LogP) is 5.46. The van der Waals surface area contributed by atoms with Crippen molar-refractivity contribution in [2.75, 3.05) is 0 Å². The quantitative estimate of drug-likeness (QED) is 0.577. The van der Waals surface area contributed by atoms with Crippen molar-refractivity contribution in [2.24, 2.45) is 4.99 Å². The second-order valence-corrected chi connectivity index (χ2v) is 8.78. The summed E-state index contributed by atoms with van der Waals surface area (Å²) in [4.78, 5) is 18.8. The van der Waals surface area contributed by atoms with Crippen LogP contribution in [0.1, 0.15) is 27.0 Å². The first-order valence-corrected chi connectivity index (χ1v) is 10.6. The van der Waals surface area contributed by atoms with E-state index in [4.69, 9.17) is 4.99 Å². The van der Waals surface area contributed by atoms with Gasteiger partial charge in [-0.3, -0.25) is 4.79 Å². The van der Waals surface area contributed by atoms with Gasteiger partial charge in [0.25, 0.3) is 5.91 Å². The van der Waals surface area contributed by atoms with Crippen LogP contribution in [-0.4, -0.2) is 11.1 Å². The molecular formula is C24H22N2OS. The second-order valence-electron chi connectivity index (χ2n) is 6.84. The van der Waals surface area contributed by atoms with Gasteiger partial charge in [0.1, 0.15) is 0 Å². The minimum atomic E-state index is -0.852. The van der Waals surface area contributed by atoms with Crippen molar-refractivity contribution in [3.05, 3.63) is 107 Å². The average Bonchev–Trinajstić information content (AvgIpc) is 3.13. The van der Waals surface area contributed by atoms with E-state index in [1.165, 1.54) is 10.5 Å². The third kappa shape index (κ3) is 3.92. The molecule has 1 N–H and O–H groups in total. The number of thiol groups is 1. The molecule has 0 aromatic heterocycles. The molecule has 3 aromatic rings. The van der Waals surface area contributed by atoms with Crippen LogP contribution in [-0.2, 0) is 0 Å². The number of aryl methyl sites for hydroxylation is 2. The molecule has 0 saturated carbocycles. The first-order valence-electron chi connectivity index (χ1n) is 9.20. The van der Waals surface area contributed by atoms with Gasteiger partial charge < -0.3 is 5.32 Å². The normalized spacial score (nSPS) is 17.0. The first-order chi connectivity index (χ1) is 13.6. The Bertz CT molecular complexity index is 1050. The van der Waals surface area contributed by atoms with Crippen molar-refractivity contribution >= 4 is 27.7 Å². The highest BCUT2D eigenvalue weighted by molar-refractivity contribution is 8.32. The van der Waals surface area contributed by atoms with E-state index in [0.29, 0.717) is 5.56 Å². The number of nitrogens with zero attached hydrogens (tertiary/aromatic N) is 1. The summed E-state index contributed by atoms with van der Waals surface area (Å²) >= 11 is 0. The van der Waals surface area contributed by atoms with Gasteiger partial charge in [-0.1, -0.05) is 65.7 Å². The molecule has 3 aromatic carbocycles. The number of benzene rings is 3. The minimum absolute atomic E-state index is 0.124. The molecular weight excluding hydrogens is 364 g/mol. The highest BCUT2D eigenvalue weighted by atomic mass is 32.2. The van der Waals surface area contributed by atoms with Crippen LogP contribution in [0.3, 0.4) is 0 Å². The Morgan fingerprint density at radius 1 is 0.821 bits per heavy atom. The third-order valence-electron chi connectivity index (χ3n) is 4.63. The van der Waals surface area contributed by atoms with Crippen LogP contribution in [0, 0.1) is 13.8 Å². The van der Waals surface area contributed by atoms with Gasteiger partial charge in [0.05, 0.1) is 5.70 Å². The summed E-state index contributed by atoms with van der Waals surface area (Å²) in [5, 5.41) is 5.97. The number of carbonyl (C=O) groups excluding carboxylic acids is 1. The molecule has 0 fully saturated rings. The van der Waals surface area contributed by atoms with Crippen LogP contribution in [0.4, 0.5) is 0 Å².